The molecule has 0 aliphatic carbocycles. The van der Waals surface area contributed by atoms with Crippen molar-refractivity contribution in [1.29, 1.82) is 0 Å². The normalized spacial score (nSPS) is 12.7. The van der Waals surface area contributed by atoms with Crippen LogP contribution >= 0.6 is 0 Å². The minimum atomic E-state index is -3.67. The largest absolute Gasteiger partial charge is 0.481 e. The number of hydrogen-bond donors (Lipinski definition) is 2. The summed E-state index contributed by atoms with van der Waals surface area (Å²) < 4.78 is 24.1. The van der Waals surface area contributed by atoms with Gasteiger partial charge in [-0.05, 0) is 31.2 Å². The third-order valence-electron chi connectivity index (χ3n) is 2.50. The van der Waals surface area contributed by atoms with Gasteiger partial charge in [0.15, 0.2) is 9.84 Å². The maximum absolute atomic E-state index is 12.1. The average molecular weight is 285 g/mol. The van der Waals surface area contributed by atoms with E-state index >= 15 is 0 Å². The Hall–Kier alpha value is -1.89. The number of anilines is 1. The molecular weight excluding hydrogens is 270 g/mol. The van der Waals surface area contributed by atoms with E-state index < -0.39 is 27.5 Å². The second-order valence-electron chi connectivity index (χ2n) is 4.16. The molecule has 1 rings (SSSR count). The van der Waals surface area contributed by atoms with Gasteiger partial charge in [-0.3, -0.25) is 9.59 Å². The molecule has 19 heavy (non-hydrogen) atoms. The highest BCUT2D eigenvalue weighted by atomic mass is 32.2. The van der Waals surface area contributed by atoms with Crippen molar-refractivity contribution < 1.29 is 23.1 Å². The highest BCUT2D eigenvalue weighted by molar-refractivity contribution is 7.92. The van der Waals surface area contributed by atoms with Crippen LogP contribution in [0.25, 0.3) is 0 Å². The molecule has 0 spiro atoms. The predicted molar refractivity (Wildman–Crippen MR) is 69.6 cm³/mol. The van der Waals surface area contributed by atoms with Crippen molar-refractivity contribution >= 4 is 27.4 Å². The van der Waals surface area contributed by atoms with Crippen molar-refractivity contribution in [3.05, 3.63) is 24.3 Å². The fraction of sp³-hybridized carbons (Fsp3) is 0.333. The van der Waals surface area contributed by atoms with Crippen LogP contribution in [0.2, 0.25) is 0 Å². The van der Waals surface area contributed by atoms with Gasteiger partial charge in [0.1, 0.15) is 0 Å². The van der Waals surface area contributed by atoms with Gasteiger partial charge in [0.05, 0.1) is 16.6 Å². The molecule has 0 heterocycles. The van der Waals surface area contributed by atoms with E-state index in [1.54, 1.807) is 0 Å². The molecule has 104 valence electrons. The van der Waals surface area contributed by atoms with E-state index in [9.17, 15) is 18.0 Å². The molecular formula is C12H15NO5S. The molecule has 0 fully saturated rings. The molecule has 1 aromatic carbocycles. The fourth-order valence-electron chi connectivity index (χ4n) is 1.52. The molecule has 0 radical (unpaired) electrons. The van der Waals surface area contributed by atoms with E-state index in [1.807, 2.05) is 0 Å². The molecule has 7 heteroatoms. The monoisotopic (exact) mass is 285 g/mol. The van der Waals surface area contributed by atoms with Crippen molar-refractivity contribution in [1.82, 2.24) is 0 Å². The van der Waals surface area contributed by atoms with Gasteiger partial charge in [0.25, 0.3) is 0 Å². The van der Waals surface area contributed by atoms with Crippen LogP contribution < -0.4 is 5.32 Å². The fourth-order valence-corrected chi connectivity index (χ4v) is 2.86. The molecule has 2 N–H and O–H groups in total. The van der Waals surface area contributed by atoms with Gasteiger partial charge in [-0.15, -0.1) is 0 Å². The second kappa shape index (κ2) is 5.83. The summed E-state index contributed by atoms with van der Waals surface area (Å²) in [5.41, 5.74) is 0.484. The second-order valence-corrected chi connectivity index (χ2v) is 6.53. The zero-order valence-corrected chi connectivity index (χ0v) is 11.4. The van der Waals surface area contributed by atoms with Crippen LogP contribution in [-0.2, 0) is 19.4 Å². The van der Waals surface area contributed by atoms with Crippen molar-refractivity contribution in [2.24, 2.45) is 0 Å². The molecule has 1 unspecified atom stereocenters. The predicted octanol–water partition coefficient (Wildman–Crippen LogP) is 1.28. The van der Waals surface area contributed by atoms with Gasteiger partial charge < -0.3 is 10.4 Å². The Bertz CT molecular complexity index is 577. The van der Waals surface area contributed by atoms with Gasteiger partial charge in [-0.25, -0.2) is 8.42 Å². The number of benzene rings is 1. The van der Waals surface area contributed by atoms with Crippen molar-refractivity contribution in [3.8, 4) is 0 Å². The lowest BCUT2D eigenvalue weighted by Gasteiger charge is -2.11. The van der Waals surface area contributed by atoms with Gasteiger partial charge in [0, 0.05) is 12.6 Å². The Morgan fingerprint density at radius 3 is 2.21 bits per heavy atom. The number of carbonyl (C=O) groups is 2. The number of carbonyl (C=O) groups excluding carboxylic acids is 1. The molecule has 0 aromatic heterocycles. The quantitative estimate of drug-likeness (QED) is 0.848. The van der Waals surface area contributed by atoms with Crippen molar-refractivity contribution in [3.63, 3.8) is 0 Å². The van der Waals surface area contributed by atoms with Crippen LogP contribution in [0.3, 0.4) is 0 Å². The number of aliphatic carboxylic acids is 1. The minimum absolute atomic E-state index is 0.0374. The van der Waals surface area contributed by atoms with Gasteiger partial charge in [-0.1, -0.05) is 0 Å². The van der Waals surface area contributed by atoms with Crippen LogP contribution in [0.5, 0.6) is 0 Å². The summed E-state index contributed by atoms with van der Waals surface area (Å²) in [7, 11) is -3.67. The lowest BCUT2D eigenvalue weighted by molar-refractivity contribution is -0.136. The smallest absolute Gasteiger partial charge is 0.304 e. The Labute approximate surface area is 111 Å². The summed E-state index contributed by atoms with van der Waals surface area (Å²) >= 11 is 0. The zero-order chi connectivity index (χ0) is 14.6. The summed E-state index contributed by atoms with van der Waals surface area (Å²) in [6.07, 6.45) is -0.449. The molecule has 1 amide bonds. The third kappa shape index (κ3) is 4.06. The number of sulfone groups is 1. The van der Waals surface area contributed by atoms with Gasteiger partial charge in [0.2, 0.25) is 5.91 Å². The van der Waals surface area contributed by atoms with E-state index in [0.29, 0.717) is 5.69 Å². The lowest BCUT2D eigenvalue weighted by Crippen LogP contribution is -2.21. The Balaban J connectivity index is 2.96. The highest BCUT2D eigenvalue weighted by Gasteiger charge is 2.25. The van der Waals surface area contributed by atoms with Gasteiger partial charge in [-0.2, -0.15) is 0 Å². The van der Waals surface area contributed by atoms with Crippen LogP contribution in [0, 0.1) is 0 Å². The summed E-state index contributed by atoms with van der Waals surface area (Å²) in [4.78, 5) is 21.4. The number of rotatable bonds is 5. The van der Waals surface area contributed by atoms with Crippen LogP contribution in [0.1, 0.15) is 20.3 Å². The molecule has 1 atom stereocenters. The lowest BCUT2D eigenvalue weighted by atomic mass is 10.3. The molecule has 0 bridgehead atoms. The first-order valence-corrected chi connectivity index (χ1v) is 7.11. The molecule has 0 aliphatic rings. The Morgan fingerprint density at radius 1 is 1.26 bits per heavy atom. The Morgan fingerprint density at radius 2 is 1.79 bits per heavy atom. The summed E-state index contributed by atoms with van der Waals surface area (Å²) in [5, 5.41) is 10.1. The molecule has 0 saturated heterocycles. The molecule has 0 aliphatic heterocycles. The number of carboxylic acid groups (broad SMARTS) is 1. The number of hydrogen-bond acceptors (Lipinski definition) is 4. The van der Waals surface area contributed by atoms with Crippen molar-refractivity contribution in [2.75, 3.05) is 5.32 Å². The van der Waals surface area contributed by atoms with E-state index in [-0.39, 0.29) is 10.8 Å². The van der Waals surface area contributed by atoms with E-state index in [2.05, 4.69) is 5.32 Å². The van der Waals surface area contributed by atoms with E-state index in [1.165, 1.54) is 38.1 Å². The van der Waals surface area contributed by atoms with Gasteiger partial charge >= 0.3 is 5.97 Å². The maximum Gasteiger partial charge on any atom is 0.304 e. The molecule has 6 nitrogen and oxygen atoms in total. The summed E-state index contributed by atoms with van der Waals surface area (Å²) in [5.74, 6) is -1.42. The van der Waals surface area contributed by atoms with Crippen LogP contribution in [0.4, 0.5) is 5.69 Å². The molecule has 0 saturated carbocycles. The summed E-state index contributed by atoms with van der Waals surface area (Å²) in [6, 6.07) is 5.61. The first-order chi connectivity index (χ1) is 8.73. The first kappa shape index (κ1) is 15.2. The standard InChI is InChI=1S/C12H15NO5S/c1-8(7-12(15)16)19(17,18)11-5-3-10(4-6-11)13-9(2)14/h3-6,8H,7H2,1-2H3,(H,13,14)(H,15,16). The molecule has 1 aromatic rings. The van der Waals surface area contributed by atoms with Crippen molar-refractivity contribution in [2.45, 2.75) is 30.4 Å². The zero-order valence-electron chi connectivity index (χ0n) is 10.6. The van der Waals surface area contributed by atoms with E-state index in [4.69, 9.17) is 5.11 Å². The topological polar surface area (TPSA) is 101 Å². The SMILES string of the molecule is CC(=O)Nc1ccc(S(=O)(=O)C(C)CC(=O)O)cc1. The third-order valence-corrected chi connectivity index (χ3v) is 4.65. The number of nitrogens with one attached hydrogen (secondary N) is 1. The Kier molecular flexibility index (Phi) is 4.66. The number of carboxylic acids is 1. The average Bonchev–Trinajstić information content (AvgIpc) is 2.27. The first-order valence-electron chi connectivity index (χ1n) is 5.57. The van der Waals surface area contributed by atoms with E-state index in [0.717, 1.165) is 0 Å². The summed E-state index contributed by atoms with van der Waals surface area (Å²) in [6.45, 7) is 2.70. The van der Waals surface area contributed by atoms with Crippen LogP contribution in [0.15, 0.2) is 29.2 Å². The number of amides is 1. The van der Waals surface area contributed by atoms with Crippen LogP contribution in [-0.4, -0.2) is 30.7 Å². The highest BCUT2D eigenvalue weighted by Crippen LogP contribution is 2.20. The minimum Gasteiger partial charge on any atom is -0.481 e. The maximum atomic E-state index is 12.1.